The summed E-state index contributed by atoms with van der Waals surface area (Å²) in [5.41, 5.74) is 0. The standard InChI is InChI=1S/C12H24N4O2/c1-4-5-6-7-8-15-12(16(17)18)14(10-13-15)9-11(2)3/h10-12H,4-9H2,1-3H3. The predicted molar refractivity (Wildman–Crippen MR) is 71.7 cm³/mol. The van der Waals surface area contributed by atoms with Gasteiger partial charge >= 0.3 is 6.29 Å². The first kappa shape index (κ1) is 14.7. The van der Waals surface area contributed by atoms with Crippen LogP contribution in [0, 0.1) is 16.0 Å². The van der Waals surface area contributed by atoms with Gasteiger partial charge in [0.05, 0.1) is 4.92 Å². The van der Waals surface area contributed by atoms with Crippen LogP contribution >= 0.6 is 0 Å². The molecule has 1 aliphatic heterocycles. The van der Waals surface area contributed by atoms with Crippen molar-refractivity contribution < 1.29 is 4.92 Å². The molecule has 0 aromatic heterocycles. The molecule has 0 saturated heterocycles. The summed E-state index contributed by atoms with van der Waals surface area (Å²) in [6.07, 6.45) is 5.21. The molecule has 0 saturated carbocycles. The molecule has 6 heteroatoms. The number of nitrogens with zero attached hydrogens (tertiary/aromatic N) is 4. The minimum atomic E-state index is -0.811. The van der Waals surface area contributed by atoms with E-state index in [0.717, 1.165) is 12.8 Å². The molecule has 1 heterocycles. The van der Waals surface area contributed by atoms with E-state index in [2.05, 4.69) is 25.9 Å². The number of hydrogen-bond donors (Lipinski definition) is 0. The lowest BCUT2D eigenvalue weighted by Crippen LogP contribution is -2.47. The van der Waals surface area contributed by atoms with Crippen LogP contribution in [-0.4, -0.2) is 40.5 Å². The zero-order chi connectivity index (χ0) is 13.5. The summed E-state index contributed by atoms with van der Waals surface area (Å²) >= 11 is 0. The van der Waals surface area contributed by atoms with Gasteiger partial charge in [0.1, 0.15) is 6.34 Å². The maximum absolute atomic E-state index is 11.1. The monoisotopic (exact) mass is 256 g/mol. The van der Waals surface area contributed by atoms with Crippen molar-refractivity contribution in [2.45, 2.75) is 52.7 Å². The van der Waals surface area contributed by atoms with Crippen molar-refractivity contribution in [2.75, 3.05) is 13.1 Å². The van der Waals surface area contributed by atoms with E-state index < -0.39 is 6.29 Å². The highest BCUT2D eigenvalue weighted by atomic mass is 16.6. The van der Waals surface area contributed by atoms with Crippen LogP contribution in [0.5, 0.6) is 0 Å². The highest BCUT2D eigenvalue weighted by molar-refractivity contribution is 5.56. The van der Waals surface area contributed by atoms with Gasteiger partial charge in [0, 0.05) is 13.1 Å². The minimum absolute atomic E-state index is 0.255. The number of nitro groups is 1. The molecule has 1 aliphatic rings. The van der Waals surface area contributed by atoms with Gasteiger partial charge in [-0.25, -0.2) is 5.01 Å². The number of hydrogen-bond acceptors (Lipinski definition) is 5. The molecule has 0 aliphatic carbocycles. The summed E-state index contributed by atoms with van der Waals surface area (Å²) in [6.45, 7) is 7.58. The minimum Gasteiger partial charge on any atom is -0.279 e. The second-order valence-corrected chi connectivity index (χ2v) is 5.18. The molecule has 1 unspecified atom stereocenters. The van der Waals surface area contributed by atoms with Gasteiger partial charge in [-0.3, -0.25) is 15.0 Å². The first-order valence-corrected chi connectivity index (χ1v) is 6.76. The largest absolute Gasteiger partial charge is 0.383 e. The van der Waals surface area contributed by atoms with Gasteiger partial charge in [-0.15, -0.1) is 0 Å². The van der Waals surface area contributed by atoms with E-state index in [1.165, 1.54) is 12.8 Å². The first-order valence-electron chi connectivity index (χ1n) is 6.76. The highest BCUT2D eigenvalue weighted by Crippen LogP contribution is 2.16. The molecular formula is C12H24N4O2. The summed E-state index contributed by atoms with van der Waals surface area (Å²) in [7, 11) is 0. The van der Waals surface area contributed by atoms with Gasteiger partial charge in [-0.05, 0) is 12.3 Å². The van der Waals surface area contributed by atoms with Gasteiger partial charge in [0.2, 0.25) is 0 Å². The molecular weight excluding hydrogens is 232 g/mol. The van der Waals surface area contributed by atoms with Crippen molar-refractivity contribution in [2.24, 2.45) is 11.0 Å². The first-order chi connectivity index (χ1) is 8.56. The maximum atomic E-state index is 11.1. The average Bonchev–Trinajstić information content (AvgIpc) is 2.66. The SMILES string of the molecule is CCCCCCN1N=CN(CC(C)C)C1[N+](=O)[O-]. The zero-order valence-corrected chi connectivity index (χ0v) is 11.6. The Labute approximate surface area is 109 Å². The Kier molecular flexibility index (Phi) is 5.88. The van der Waals surface area contributed by atoms with Crippen LogP contribution < -0.4 is 0 Å². The lowest BCUT2D eigenvalue weighted by molar-refractivity contribution is -0.571. The number of hydrazone groups is 1. The Morgan fingerprint density at radius 2 is 2.11 bits per heavy atom. The molecule has 0 spiro atoms. The van der Waals surface area contributed by atoms with Crippen LogP contribution in [0.1, 0.15) is 46.5 Å². The molecule has 0 fully saturated rings. The fraction of sp³-hybridized carbons (Fsp3) is 0.917. The van der Waals surface area contributed by atoms with Crippen LogP contribution in [0.3, 0.4) is 0 Å². The Hall–Kier alpha value is -1.33. The van der Waals surface area contributed by atoms with Crippen molar-refractivity contribution >= 4 is 6.34 Å². The van der Waals surface area contributed by atoms with Gasteiger partial charge < -0.3 is 0 Å². The van der Waals surface area contributed by atoms with E-state index in [4.69, 9.17) is 0 Å². The molecule has 0 aromatic carbocycles. The van der Waals surface area contributed by atoms with E-state index >= 15 is 0 Å². The number of unbranched alkanes of at least 4 members (excludes halogenated alkanes) is 3. The predicted octanol–water partition coefficient (Wildman–Crippen LogP) is 2.34. The third-order valence-electron chi connectivity index (χ3n) is 2.92. The number of rotatable bonds is 8. The van der Waals surface area contributed by atoms with Gasteiger partial charge in [-0.1, -0.05) is 40.0 Å². The molecule has 1 atom stereocenters. The zero-order valence-electron chi connectivity index (χ0n) is 11.6. The van der Waals surface area contributed by atoms with E-state index in [-0.39, 0.29) is 4.92 Å². The molecule has 0 radical (unpaired) electrons. The van der Waals surface area contributed by atoms with Crippen LogP contribution in [0.25, 0.3) is 0 Å². The topological polar surface area (TPSA) is 62.0 Å². The molecule has 18 heavy (non-hydrogen) atoms. The third-order valence-corrected chi connectivity index (χ3v) is 2.92. The normalized spacial score (nSPS) is 19.0. The lowest BCUT2D eigenvalue weighted by atomic mass is 10.2. The maximum Gasteiger partial charge on any atom is 0.383 e. The second kappa shape index (κ2) is 7.18. The van der Waals surface area contributed by atoms with Crippen molar-refractivity contribution in [1.29, 1.82) is 0 Å². The van der Waals surface area contributed by atoms with E-state index in [9.17, 15) is 10.1 Å². The highest BCUT2D eigenvalue weighted by Gasteiger charge is 2.37. The molecule has 1 rings (SSSR count). The van der Waals surface area contributed by atoms with E-state index in [1.807, 2.05) is 0 Å². The van der Waals surface area contributed by atoms with Crippen LogP contribution in [-0.2, 0) is 0 Å². The van der Waals surface area contributed by atoms with Gasteiger partial charge in [-0.2, -0.15) is 5.10 Å². The molecule has 104 valence electrons. The van der Waals surface area contributed by atoms with E-state index in [0.29, 0.717) is 19.0 Å². The molecule has 0 N–H and O–H groups in total. The Morgan fingerprint density at radius 1 is 1.39 bits per heavy atom. The van der Waals surface area contributed by atoms with Crippen LogP contribution in [0.4, 0.5) is 0 Å². The molecule has 0 bridgehead atoms. The summed E-state index contributed by atoms with van der Waals surface area (Å²) in [5, 5.41) is 16.9. The van der Waals surface area contributed by atoms with E-state index in [1.54, 1.807) is 16.2 Å². The van der Waals surface area contributed by atoms with Crippen molar-refractivity contribution in [3.05, 3.63) is 10.1 Å². The summed E-state index contributed by atoms with van der Waals surface area (Å²) in [4.78, 5) is 12.6. The molecule has 0 amide bonds. The van der Waals surface area contributed by atoms with Gasteiger partial charge in [0.25, 0.3) is 0 Å². The van der Waals surface area contributed by atoms with Gasteiger partial charge in [0.15, 0.2) is 0 Å². The average molecular weight is 256 g/mol. The lowest BCUT2D eigenvalue weighted by Gasteiger charge is -2.24. The van der Waals surface area contributed by atoms with Crippen molar-refractivity contribution in [3.8, 4) is 0 Å². The van der Waals surface area contributed by atoms with Crippen molar-refractivity contribution in [3.63, 3.8) is 0 Å². The Balaban J connectivity index is 2.48. The summed E-state index contributed by atoms with van der Waals surface area (Å²) in [6, 6.07) is 0. The van der Waals surface area contributed by atoms with Crippen molar-refractivity contribution in [1.82, 2.24) is 9.91 Å². The second-order valence-electron chi connectivity index (χ2n) is 5.18. The fourth-order valence-corrected chi connectivity index (χ4v) is 2.09. The summed E-state index contributed by atoms with van der Waals surface area (Å²) < 4.78 is 0. The quantitative estimate of drug-likeness (QED) is 0.380. The fourth-order valence-electron chi connectivity index (χ4n) is 2.09. The van der Waals surface area contributed by atoms with Crippen LogP contribution in [0.15, 0.2) is 5.10 Å². The third kappa shape index (κ3) is 4.16. The molecule has 6 nitrogen and oxygen atoms in total. The molecule has 0 aromatic rings. The Bertz CT molecular complexity index is 294. The Morgan fingerprint density at radius 3 is 2.67 bits per heavy atom. The van der Waals surface area contributed by atoms with Crippen LogP contribution in [0.2, 0.25) is 0 Å². The summed E-state index contributed by atoms with van der Waals surface area (Å²) in [5.74, 6) is 0.388. The smallest absolute Gasteiger partial charge is 0.279 e.